The van der Waals surface area contributed by atoms with E-state index < -0.39 is 0 Å². The van der Waals surface area contributed by atoms with Gasteiger partial charge in [0.1, 0.15) is 11.6 Å². The van der Waals surface area contributed by atoms with E-state index in [0.29, 0.717) is 6.54 Å². The van der Waals surface area contributed by atoms with Gasteiger partial charge in [0.2, 0.25) is 0 Å². The molecule has 0 radical (unpaired) electrons. The van der Waals surface area contributed by atoms with Crippen molar-refractivity contribution in [2.24, 2.45) is 0 Å². The highest BCUT2D eigenvalue weighted by molar-refractivity contribution is 5.89. The van der Waals surface area contributed by atoms with Gasteiger partial charge in [-0.2, -0.15) is 0 Å². The number of hydrogen-bond donors (Lipinski definition) is 1. The van der Waals surface area contributed by atoms with Crippen molar-refractivity contribution in [1.82, 2.24) is 14.9 Å². The second kappa shape index (κ2) is 10.7. The Kier molecular flexibility index (Phi) is 7.46. The third-order valence-corrected chi connectivity index (χ3v) is 6.47. The van der Waals surface area contributed by atoms with Crippen molar-refractivity contribution in [3.05, 3.63) is 82.3 Å². The van der Waals surface area contributed by atoms with E-state index in [0.717, 1.165) is 61.9 Å². The molecule has 1 N–H and O–H groups in total. The number of carbonyl (C=O) groups excluding carboxylic acids is 1. The smallest absolute Gasteiger partial charge is 0.321 e. The van der Waals surface area contributed by atoms with Crippen LogP contribution < -0.4 is 10.2 Å². The molecular formula is C28H35N5O. The normalized spacial score (nSPS) is 14.1. The average Bonchev–Trinajstić information content (AvgIpc) is 3.08. The van der Waals surface area contributed by atoms with Gasteiger partial charge in [-0.15, -0.1) is 0 Å². The van der Waals surface area contributed by atoms with Gasteiger partial charge in [0.15, 0.2) is 0 Å². The first-order valence-electron chi connectivity index (χ1n) is 12.2. The van der Waals surface area contributed by atoms with Crippen LogP contribution in [0.1, 0.15) is 47.1 Å². The van der Waals surface area contributed by atoms with E-state index in [1.54, 1.807) is 0 Å². The van der Waals surface area contributed by atoms with Gasteiger partial charge >= 0.3 is 6.03 Å². The summed E-state index contributed by atoms with van der Waals surface area (Å²) in [6.45, 7) is 11.3. The van der Waals surface area contributed by atoms with E-state index >= 15 is 0 Å². The van der Waals surface area contributed by atoms with Crippen LogP contribution in [-0.2, 0) is 12.8 Å². The maximum absolute atomic E-state index is 13.0. The number of aryl methyl sites for hydroxylation is 4. The van der Waals surface area contributed by atoms with Crippen LogP contribution in [0.25, 0.3) is 0 Å². The fourth-order valence-corrected chi connectivity index (χ4v) is 4.50. The third-order valence-electron chi connectivity index (χ3n) is 6.47. The summed E-state index contributed by atoms with van der Waals surface area (Å²) in [6.07, 6.45) is 2.65. The average molecular weight is 458 g/mol. The molecule has 2 heterocycles. The highest BCUT2D eigenvalue weighted by atomic mass is 16.2. The molecule has 2 aromatic carbocycles. The van der Waals surface area contributed by atoms with Crippen LogP contribution >= 0.6 is 0 Å². The Labute approximate surface area is 203 Å². The monoisotopic (exact) mass is 457 g/mol. The van der Waals surface area contributed by atoms with Crippen molar-refractivity contribution in [3.8, 4) is 0 Å². The molecule has 1 aliphatic heterocycles. The summed E-state index contributed by atoms with van der Waals surface area (Å²) in [5.74, 6) is 1.79. The van der Waals surface area contributed by atoms with Crippen molar-refractivity contribution < 1.29 is 4.79 Å². The molecule has 6 heteroatoms. The molecule has 3 aromatic rings. The Bertz CT molecular complexity index is 1140. The van der Waals surface area contributed by atoms with Gasteiger partial charge in [-0.25, -0.2) is 14.8 Å². The molecule has 1 aromatic heterocycles. The predicted molar refractivity (Wildman–Crippen MR) is 139 cm³/mol. The van der Waals surface area contributed by atoms with E-state index in [9.17, 15) is 4.79 Å². The molecule has 2 amide bonds. The Morgan fingerprint density at radius 1 is 0.941 bits per heavy atom. The minimum atomic E-state index is -0.0370. The zero-order valence-corrected chi connectivity index (χ0v) is 20.8. The number of benzene rings is 2. The highest BCUT2D eigenvalue weighted by Crippen LogP contribution is 2.25. The molecular weight excluding hydrogens is 422 g/mol. The summed E-state index contributed by atoms with van der Waals surface area (Å²) < 4.78 is 0. The maximum Gasteiger partial charge on any atom is 0.321 e. The Hall–Kier alpha value is -3.41. The largest absolute Gasteiger partial charge is 0.354 e. The standard InChI is InChI=1S/C28H35N5O/c1-5-23-8-6-9-25(18-23)31-28(34)33-15-7-14-32(16-17-33)27-26(21(3)29-22(4)30-27)19-24-12-10-20(2)11-13-24/h6,8-13,18H,5,7,14-17,19H2,1-4H3,(H,31,34). The number of urea groups is 1. The number of carbonyl (C=O) groups is 1. The summed E-state index contributed by atoms with van der Waals surface area (Å²) in [7, 11) is 0. The third kappa shape index (κ3) is 5.74. The lowest BCUT2D eigenvalue weighted by molar-refractivity contribution is 0.215. The lowest BCUT2D eigenvalue weighted by Crippen LogP contribution is -2.38. The number of amides is 2. The van der Waals surface area contributed by atoms with Crippen LogP contribution in [0.5, 0.6) is 0 Å². The fraction of sp³-hybridized carbons (Fsp3) is 0.393. The van der Waals surface area contributed by atoms with Crippen LogP contribution in [-0.4, -0.2) is 47.1 Å². The summed E-state index contributed by atoms with van der Waals surface area (Å²) in [6, 6.07) is 16.7. The second-order valence-electron chi connectivity index (χ2n) is 9.13. The lowest BCUT2D eigenvalue weighted by atomic mass is 10.0. The van der Waals surface area contributed by atoms with Crippen molar-refractivity contribution in [1.29, 1.82) is 0 Å². The van der Waals surface area contributed by atoms with Crippen molar-refractivity contribution >= 4 is 17.5 Å². The zero-order chi connectivity index (χ0) is 24.1. The first-order valence-corrected chi connectivity index (χ1v) is 12.2. The molecule has 0 saturated carbocycles. The zero-order valence-electron chi connectivity index (χ0n) is 20.8. The molecule has 0 unspecified atom stereocenters. The second-order valence-corrected chi connectivity index (χ2v) is 9.13. The Morgan fingerprint density at radius 2 is 1.74 bits per heavy atom. The lowest BCUT2D eigenvalue weighted by Gasteiger charge is -2.26. The van der Waals surface area contributed by atoms with Gasteiger partial charge in [-0.05, 0) is 56.9 Å². The minimum Gasteiger partial charge on any atom is -0.354 e. The van der Waals surface area contributed by atoms with Crippen LogP contribution in [0.2, 0.25) is 0 Å². The summed E-state index contributed by atoms with van der Waals surface area (Å²) in [5.41, 5.74) is 6.78. The molecule has 4 rings (SSSR count). The van der Waals surface area contributed by atoms with Crippen LogP contribution in [0.3, 0.4) is 0 Å². The van der Waals surface area contributed by atoms with Crippen LogP contribution in [0.15, 0.2) is 48.5 Å². The van der Waals surface area contributed by atoms with E-state index in [1.165, 1.54) is 22.3 Å². The van der Waals surface area contributed by atoms with Crippen molar-refractivity contribution in [3.63, 3.8) is 0 Å². The topological polar surface area (TPSA) is 61.4 Å². The van der Waals surface area contributed by atoms with Gasteiger partial charge in [0.05, 0.1) is 0 Å². The van der Waals surface area contributed by atoms with E-state index in [-0.39, 0.29) is 6.03 Å². The summed E-state index contributed by atoms with van der Waals surface area (Å²) >= 11 is 0. The summed E-state index contributed by atoms with van der Waals surface area (Å²) in [4.78, 5) is 26.7. The number of rotatable bonds is 5. The van der Waals surface area contributed by atoms with Gasteiger partial charge in [0.25, 0.3) is 0 Å². The van der Waals surface area contributed by atoms with E-state index in [2.05, 4.69) is 66.3 Å². The predicted octanol–water partition coefficient (Wildman–Crippen LogP) is 5.30. The summed E-state index contributed by atoms with van der Waals surface area (Å²) in [5, 5.41) is 3.08. The maximum atomic E-state index is 13.0. The molecule has 1 fully saturated rings. The van der Waals surface area contributed by atoms with Crippen molar-refractivity contribution in [2.75, 3.05) is 36.4 Å². The highest BCUT2D eigenvalue weighted by Gasteiger charge is 2.23. The van der Waals surface area contributed by atoms with Gasteiger partial charge in [0, 0.05) is 49.5 Å². The first kappa shape index (κ1) is 23.7. The Morgan fingerprint density at radius 3 is 2.50 bits per heavy atom. The molecule has 0 bridgehead atoms. The molecule has 1 aliphatic rings. The van der Waals surface area contributed by atoms with Gasteiger partial charge in [-0.1, -0.05) is 48.9 Å². The minimum absolute atomic E-state index is 0.0370. The number of aromatic nitrogens is 2. The SMILES string of the molecule is CCc1cccc(NC(=O)N2CCCN(c3nc(C)nc(C)c3Cc3ccc(C)cc3)CC2)c1. The number of nitrogens with one attached hydrogen (secondary N) is 1. The number of hydrogen-bond acceptors (Lipinski definition) is 4. The molecule has 6 nitrogen and oxygen atoms in total. The Balaban J connectivity index is 1.49. The molecule has 1 saturated heterocycles. The fourth-order valence-electron chi connectivity index (χ4n) is 4.50. The van der Waals surface area contributed by atoms with E-state index in [4.69, 9.17) is 4.98 Å². The molecule has 34 heavy (non-hydrogen) atoms. The molecule has 0 aliphatic carbocycles. The quantitative estimate of drug-likeness (QED) is 0.565. The molecule has 0 spiro atoms. The van der Waals surface area contributed by atoms with Crippen molar-refractivity contribution in [2.45, 2.75) is 47.0 Å². The number of anilines is 2. The number of nitrogens with zero attached hydrogens (tertiary/aromatic N) is 4. The first-order chi connectivity index (χ1) is 16.4. The van der Waals surface area contributed by atoms with Crippen LogP contribution in [0, 0.1) is 20.8 Å². The van der Waals surface area contributed by atoms with Gasteiger partial charge < -0.3 is 15.1 Å². The van der Waals surface area contributed by atoms with E-state index in [1.807, 2.05) is 30.0 Å². The molecule has 0 atom stereocenters. The van der Waals surface area contributed by atoms with Crippen LogP contribution in [0.4, 0.5) is 16.3 Å². The van der Waals surface area contributed by atoms with Gasteiger partial charge in [-0.3, -0.25) is 0 Å². The molecule has 178 valence electrons.